The van der Waals surface area contributed by atoms with E-state index in [1.807, 2.05) is 84.9 Å². The van der Waals surface area contributed by atoms with Gasteiger partial charge in [0.25, 0.3) is 0 Å². The molecule has 4 heteroatoms. The van der Waals surface area contributed by atoms with Crippen LogP contribution in [0.1, 0.15) is 0 Å². The summed E-state index contributed by atoms with van der Waals surface area (Å²) in [6, 6.07) is 49.3. The Labute approximate surface area is 275 Å². The molecular formula is C42H24Cl2O2. The summed E-state index contributed by atoms with van der Waals surface area (Å²) in [5, 5.41) is 5.44. The van der Waals surface area contributed by atoms with E-state index in [2.05, 4.69) is 60.7 Å². The maximum absolute atomic E-state index is 7.69. The van der Waals surface area contributed by atoms with Gasteiger partial charge in [-0.15, -0.1) is 0 Å². The summed E-state index contributed by atoms with van der Waals surface area (Å²) in [6.07, 6.45) is 0. The molecule has 0 unspecified atom stereocenters. The predicted molar refractivity (Wildman–Crippen MR) is 193 cm³/mol. The van der Waals surface area contributed by atoms with E-state index >= 15 is 0 Å². The highest BCUT2D eigenvalue weighted by atomic mass is 35.5. The second-order valence-corrected chi connectivity index (χ2v) is 12.2. The summed E-state index contributed by atoms with van der Waals surface area (Å²) in [4.78, 5) is 0. The molecule has 2 nitrogen and oxygen atoms in total. The van der Waals surface area contributed by atoms with Crippen LogP contribution in [0.15, 0.2) is 154 Å². The van der Waals surface area contributed by atoms with Crippen molar-refractivity contribution in [2.24, 2.45) is 0 Å². The van der Waals surface area contributed by atoms with E-state index in [0.717, 1.165) is 88.4 Å². The minimum Gasteiger partial charge on any atom is -0.456 e. The van der Waals surface area contributed by atoms with Crippen molar-refractivity contribution < 1.29 is 8.83 Å². The Morgan fingerprint density at radius 2 is 0.652 bits per heavy atom. The van der Waals surface area contributed by atoms with Gasteiger partial charge in [0.15, 0.2) is 0 Å². The molecule has 0 aliphatic heterocycles. The van der Waals surface area contributed by atoms with E-state index in [1.165, 1.54) is 0 Å². The molecule has 46 heavy (non-hydrogen) atoms. The van der Waals surface area contributed by atoms with Crippen molar-refractivity contribution in [2.75, 3.05) is 0 Å². The second-order valence-electron chi connectivity index (χ2n) is 11.5. The number of furan rings is 2. The van der Waals surface area contributed by atoms with Gasteiger partial charge in [-0.05, 0) is 58.7 Å². The standard InChI is InChI=1S/C42H24Cl2O2/c43-41-37(25-11-3-1-4-12-25)39(27-19-21-35-31(23-27)29-15-7-9-17-33(29)45-35)42(44)38(26-13-5-2-6-14-26)40(41)28-20-22-36-32(24-28)30-16-8-10-18-34(30)46-36/h1-24H. The molecule has 0 N–H and O–H groups in total. The summed E-state index contributed by atoms with van der Waals surface area (Å²) < 4.78 is 12.3. The van der Waals surface area contributed by atoms with Gasteiger partial charge in [-0.2, -0.15) is 0 Å². The Bertz CT molecular complexity index is 2410. The van der Waals surface area contributed by atoms with Crippen LogP contribution in [-0.2, 0) is 0 Å². The smallest absolute Gasteiger partial charge is 0.135 e. The third-order valence-electron chi connectivity index (χ3n) is 8.83. The minimum absolute atomic E-state index is 0.633. The zero-order chi connectivity index (χ0) is 30.8. The summed E-state index contributed by atoms with van der Waals surface area (Å²) in [7, 11) is 0. The first-order valence-electron chi connectivity index (χ1n) is 15.1. The van der Waals surface area contributed by atoms with E-state index < -0.39 is 0 Å². The molecule has 9 aromatic rings. The molecule has 2 aromatic heterocycles. The van der Waals surface area contributed by atoms with Crippen molar-refractivity contribution in [3.05, 3.63) is 156 Å². The largest absolute Gasteiger partial charge is 0.456 e. The van der Waals surface area contributed by atoms with Crippen LogP contribution in [-0.4, -0.2) is 0 Å². The highest BCUT2D eigenvalue weighted by Crippen LogP contribution is 2.54. The molecule has 0 saturated carbocycles. The van der Waals surface area contributed by atoms with Crippen LogP contribution in [0.5, 0.6) is 0 Å². The van der Waals surface area contributed by atoms with Crippen molar-refractivity contribution in [3.63, 3.8) is 0 Å². The Balaban J connectivity index is 1.41. The Hall–Kier alpha value is -5.28. The van der Waals surface area contributed by atoms with Crippen LogP contribution in [0, 0.1) is 0 Å². The molecule has 0 amide bonds. The minimum atomic E-state index is 0.633. The second kappa shape index (κ2) is 10.7. The normalized spacial score (nSPS) is 11.7. The van der Waals surface area contributed by atoms with Crippen molar-refractivity contribution in [2.45, 2.75) is 0 Å². The van der Waals surface area contributed by atoms with Crippen LogP contribution in [0.25, 0.3) is 88.4 Å². The average Bonchev–Trinajstić information content (AvgIpc) is 3.67. The van der Waals surface area contributed by atoms with Crippen molar-refractivity contribution >= 4 is 67.1 Å². The first-order chi connectivity index (χ1) is 22.7. The van der Waals surface area contributed by atoms with Gasteiger partial charge < -0.3 is 8.83 Å². The van der Waals surface area contributed by atoms with Gasteiger partial charge in [0.1, 0.15) is 22.3 Å². The summed E-state index contributed by atoms with van der Waals surface area (Å²) >= 11 is 15.4. The Morgan fingerprint density at radius 1 is 0.304 bits per heavy atom. The molecule has 2 heterocycles. The van der Waals surface area contributed by atoms with Crippen LogP contribution in [0.4, 0.5) is 0 Å². The van der Waals surface area contributed by atoms with Gasteiger partial charge in [0.05, 0.1) is 10.0 Å². The Kier molecular flexibility index (Phi) is 6.28. The number of hydrogen-bond donors (Lipinski definition) is 0. The lowest BCUT2D eigenvalue weighted by atomic mass is 9.84. The summed E-state index contributed by atoms with van der Waals surface area (Å²) in [6.45, 7) is 0. The molecule has 218 valence electrons. The van der Waals surface area contributed by atoms with Gasteiger partial charge in [-0.25, -0.2) is 0 Å². The van der Waals surface area contributed by atoms with Crippen molar-refractivity contribution in [3.8, 4) is 44.5 Å². The third-order valence-corrected chi connectivity index (χ3v) is 9.59. The third kappa shape index (κ3) is 4.19. The lowest BCUT2D eigenvalue weighted by Gasteiger charge is -2.23. The molecule has 7 aromatic carbocycles. The van der Waals surface area contributed by atoms with E-state index in [1.54, 1.807) is 0 Å². The fraction of sp³-hybridized carbons (Fsp3) is 0. The molecule has 0 radical (unpaired) electrons. The van der Waals surface area contributed by atoms with E-state index in [9.17, 15) is 0 Å². The van der Waals surface area contributed by atoms with Crippen LogP contribution >= 0.6 is 23.2 Å². The van der Waals surface area contributed by atoms with Gasteiger partial charge in [0.2, 0.25) is 0 Å². The number of rotatable bonds is 4. The molecule has 0 aliphatic rings. The molecular weight excluding hydrogens is 607 g/mol. The number of para-hydroxylation sites is 2. The van der Waals surface area contributed by atoms with Gasteiger partial charge in [-0.1, -0.05) is 132 Å². The van der Waals surface area contributed by atoms with Gasteiger partial charge in [-0.3, -0.25) is 0 Å². The SMILES string of the molecule is Clc1c(-c2ccccc2)c(-c2ccc3oc4ccccc4c3c2)c(Cl)c(-c2ccccc2)c1-c1ccc2oc3ccccc3c2c1. The lowest BCUT2D eigenvalue weighted by Crippen LogP contribution is -1.97. The summed E-state index contributed by atoms with van der Waals surface area (Å²) in [5.41, 5.74) is 10.8. The van der Waals surface area contributed by atoms with Crippen LogP contribution < -0.4 is 0 Å². The topological polar surface area (TPSA) is 26.3 Å². The number of hydrogen-bond acceptors (Lipinski definition) is 2. The molecule has 0 atom stereocenters. The quantitative estimate of drug-likeness (QED) is 0.193. The van der Waals surface area contributed by atoms with Crippen molar-refractivity contribution in [1.29, 1.82) is 0 Å². The fourth-order valence-electron chi connectivity index (χ4n) is 6.75. The maximum atomic E-state index is 7.69. The first-order valence-corrected chi connectivity index (χ1v) is 15.9. The molecule has 0 fully saturated rings. The molecule has 0 spiro atoms. The van der Waals surface area contributed by atoms with Crippen molar-refractivity contribution in [1.82, 2.24) is 0 Å². The van der Waals surface area contributed by atoms with Gasteiger partial charge in [0, 0.05) is 43.8 Å². The van der Waals surface area contributed by atoms with Crippen LogP contribution in [0.2, 0.25) is 10.0 Å². The van der Waals surface area contributed by atoms with Crippen LogP contribution in [0.3, 0.4) is 0 Å². The average molecular weight is 632 g/mol. The molecule has 0 aliphatic carbocycles. The fourth-order valence-corrected chi connectivity index (χ4v) is 7.56. The first kappa shape index (κ1) is 27.1. The Morgan fingerprint density at radius 3 is 1.09 bits per heavy atom. The highest BCUT2D eigenvalue weighted by Gasteiger charge is 2.27. The maximum Gasteiger partial charge on any atom is 0.135 e. The number of fused-ring (bicyclic) bond motifs is 6. The van der Waals surface area contributed by atoms with E-state index in [0.29, 0.717) is 10.0 Å². The molecule has 0 saturated heterocycles. The molecule has 9 rings (SSSR count). The van der Waals surface area contributed by atoms with Gasteiger partial charge >= 0.3 is 0 Å². The zero-order valence-electron chi connectivity index (χ0n) is 24.4. The summed E-state index contributed by atoms with van der Waals surface area (Å²) in [5.74, 6) is 0. The van der Waals surface area contributed by atoms with E-state index in [4.69, 9.17) is 32.0 Å². The number of benzene rings is 7. The zero-order valence-corrected chi connectivity index (χ0v) is 25.9. The van der Waals surface area contributed by atoms with E-state index in [-0.39, 0.29) is 0 Å². The monoisotopic (exact) mass is 630 g/mol. The highest BCUT2D eigenvalue weighted by molar-refractivity contribution is 6.43. The molecule has 0 bridgehead atoms. The number of halogens is 2. The predicted octanol–water partition coefficient (Wildman–Crippen LogP) is 13.5. The lowest BCUT2D eigenvalue weighted by molar-refractivity contribution is 0.668.